The van der Waals surface area contributed by atoms with Crippen LogP contribution in [0.25, 0.3) is 0 Å². The Morgan fingerprint density at radius 2 is 2.05 bits per heavy atom. The van der Waals surface area contributed by atoms with E-state index in [1.807, 2.05) is 0 Å². The highest BCUT2D eigenvalue weighted by Crippen LogP contribution is 2.40. The Balaban J connectivity index is 2.60. The number of nitrogens with zero attached hydrogens (tertiary/aromatic N) is 1. The molecule has 0 radical (unpaired) electrons. The molecule has 1 aromatic rings. The Bertz CT molecular complexity index is 633. The Morgan fingerprint density at radius 3 is 2.62 bits per heavy atom. The lowest BCUT2D eigenvalue weighted by molar-refractivity contribution is -0.139. The molecule has 1 aliphatic heterocycles. The molecule has 1 heterocycles. The molecular formula is C12H13ClF3NO3S. The van der Waals surface area contributed by atoms with Gasteiger partial charge >= 0.3 is 6.18 Å². The number of benzene rings is 1. The molecule has 4 nitrogen and oxygen atoms in total. The molecule has 1 aliphatic rings. The lowest BCUT2D eigenvalue weighted by Crippen LogP contribution is -2.38. The van der Waals surface area contributed by atoms with E-state index < -0.39 is 44.3 Å². The van der Waals surface area contributed by atoms with Crippen LogP contribution in [0.15, 0.2) is 23.1 Å². The maximum atomic E-state index is 13.0. The molecule has 1 fully saturated rings. The largest absolute Gasteiger partial charge is 0.417 e. The third-order valence-electron chi connectivity index (χ3n) is 3.37. The molecule has 0 spiro atoms. The first-order valence-corrected chi connectivity index (χ1v) is 8.00. The van der Waals surface area contributed by atoms with Gasteiger partial charge in [-0.2, -0.15) is 17.5 Å². The number of aliphatic hydroxyl groups is 1. The lowest BCUT2D eigenvalue weighted by atomic mass is 10.2. The predicted octanol–water partition coefficient (Wildman–Crippen LogP) is 2.50. The van der Waals surface area contributed by atoms with Gasteiger partial charge < -0.3 is 5.11 Å². The van der Waals surface area contributed by atoms with E-state index in [0.717, 1.165) is 16.4 Å². The summed E-state index contributed by atoms with van der Waals surface area (Å²) in [6.07, 6.45) is -3.94. The van der Waals surface area contributed by atoms with E-state index >= 15 is 0 Å². The standard InChI is InChI=1S/C12H13ClF3NO3S/c13-10-5-1-4-9(12(14,15)16)11(10)21(19,20)17-6-2-3-8(17)7-18/h1,4-5,8,18H,2-3,6-7H2. The van der Waals surface area contributed by atoms with Crippen LogP contribution in [0.4, 0.5) is 13.2 Å². The van der Waals surface area contributed by atoms with Crippen LogP contribution < -0.4 is 0 Å². The molecule has 1 aromatic carbocycles. The number of sulfonamides is 1. The minimum absolute atomic E-state index is 0.0656. The summed E-state index contributed by atoms with van der Waals surface area (Å²) in [5.74, 6) is 0. The van der Waals surface area contributed by atoms with Crippen molar-refractivity contribution in [1.82, 2.24) is 4.31 Å². The fourth-order valence-electron chi connectivity index (χ4n) is 2.42. The summed E-state index contributed by atoms with van der Waals surface area (Å²) in [6.45, 7) is -0.374. The van der Waals surface area contributed by atoms with E-state index in [0.29, 0.717) is 18.9 Å². The summed E-state index contributed by atoms with van der Waals surface area (Å²) in [4.78, 5) is -0.945. The van der Waals surface area contributed by atoms with Gasteiger partial charge in [0.15, 0.2) is 0 Å². The van der Waals surface area contributed by atoms with Gasteiger partial charge in [-0.1, -0.05) is 17.7 Å². The molecule has 1 unspecified atom stereocenters. The van der Waals surface area contributed by atoms with Crippen LogP contribution in [-0.2, 0) is 16.2 Å². The molecule has 0 saturated carbocycles. The number of halogens is 4. The van der Waals surface area contributed by atoms with Crippen molar-refractivity contribution in [2.75, 3.05) is 13.2 Å². The third kappa shape index (κ3) is 3.03. The van der Waals surface area contributed by atoms with Crippen molar-refractivity contribution in [1.29, 1.82) is 0 Å². The number of hydrogen-bond acceptors (Lipinski definition) is 3. The molecule has 0 aromatic heterocycles. The summed E-state index contributed by atoms with van der Waals surface area (Å²) in [6, 6.07) is 2.13. The number of hydrogen-bond donors (Lipinski definition) is 1. The summed E-state index contributed by atoms with van der Waals surface area (Å²) in [5, 5.41) is 8.71. The van der Waals surface area contributed by atoms with Crippen molar-refractivity contribution in [2.24, 2.45) is 0 Å². The molecule has 9 heteroatoms. The van der Waals surface area contributed by atoms with Crippen LogP contribution in [0.3, 0.4) is 0 Å². The van der Waals surface area contributed by atoms with Gasteiger partial charge in [0.2, 0.25) is 10.0 Å². The van der Waals surface area contributed by atoms with Gasteiger partial charge in [0.25, 0.3) is 0 Å². The zero-order chi connectivity index (χ0) is 15.8. The zero-order valence-electron chi connectivity index (χ0n) is 10.8. The van der Waals surface area contributed by atoms with Crippen molar-refractivity contribution in [3.8, 4) is 0 Å². The van der Waals surface area contributed by atoms with Gasteiger partial charge in [0.05, 0.1) is 17.2 Å². The van der Waals surface area contributed by atoms with Gasteiger partial charge in [-0.05, 0) is 25.0 Å². The molecule has 1 atom stereocenters. The summed E-state index contributed by atoms with van der Waals surface area (Å²) in [7, 11) is -4.42. The topological polar surface area (TPSA) is 57.6 Å². The molecule has 118 valence electrons. The smallest absolute Gasteiger partial charge is 0.395 e. The number of alkyl halides is 3. The SMILES string of the molecule is O=S(=O)(c1c(Cl)cccc1C(F)(F)F)N1CCCC1CO. The number of rotatable bonds is 3. The van der Waals surface area contributed by atoms with Gasteiger partial charge in [0.1, 0.15) is 4.90 Å². The second-order valence-electron chi connectivity index (χ2n) is 4.71. The first kappa shape index (κ1) is 16.5. The highest BCUT2D eigenvalue weighted by molar-refractivity contribution is 7.89. The summed E-state index contributed by atoms with van der Waals surface area (Å²) >= 11 is 5.72. The Hall–Kier alpha value is -0.830. The average molecular weight is 344 g/mol. The van der Waals surface area contributed by atoms with Crippen molar-refractivity contribution in [3.05, 3.63) is 28.8 Å². The lowest BCUT2D eigenvalue weighted by Gasteiger charge is -2.24. The van der Waals surface area contributed by atoms with Crippen LogP contribution >= 0.6 is 11.6 Å². The van der Waals surface area contributed by atoms with Crippen LogP contribution in [0.5, 0.6) is 0 Å². The molecule has 21 heavy (non-hydrogen) atoms. The van der Waals surface area contributed by atoms with E-state index in [9.17, 15) is 26.7 Å². The van der Waals surface area contributed by atoms with Crippen LogP contribution in [0.2, 0.25) is 5.02 Å². The fourth-order valence-corrected chi connectivity index (χ4v) is 4.83. The summed E-state index contributed by atoms with van der Waals surface area (Å²) < 4.78 is 65.0. The molecule has 2 rings (SSSR count). The van der Waals surface area contributed by atoms with Crippen molar-refractivity contribution < 1.29 is 26.7 Å². The van der Waals surface area contributed by atoms with E-state index in [2.05, 4.69) is 0 Å². The van der Waals surface area contributed by atoms with E-state index in [1.54, 1.807) is 0 Å². The first-order chi connectivity index (χ1) is 9.69. The number of aliphatic hydroxyl groups excluding tert-OH is 1. The maximum absolute atomic E-state index is 13.0. The minimum atomic E-state index is -4.83. The predicted molar refractivity (Wildman–Crippen MR) is 70.5 cm³/mol. The van der Waals surface area contributed by atoms with Crippen molar-refractivity contribution >= 4 is 21.6 Å². The molecule has 0 aliphatic carbocycles. The molecule has 1 N–H and O–H groups in total. The van der Waals surface area contributed by atoms with Crippen LogP contribution in [0, 0.1) is 0 Å². The monoisotopic (exact) mass is 343 g/mol. The highest BCUT2D eigenvalue weighted by atomic mass is 35.5. The van der Waals surface area contributed by atoms with Gasteiger partial charge in [0, 0.05) is 12.6 Å². The zero-order valence-corrected chi connectivity index (χ0v) is 12.3. The summed E-state index contributed by atoms with van der Waals surface area (Å²) in [5.41, 5.74) is -1.29. The van der Waals surface area contributed by atoms with E-state index in [1.165, 1.54) is 0 Å². The van der Waals surface area contributed by atoms with Crippen LogP contribution in [-0.4, -0.2) is 37.0 Å². The van der Waals surface area contributed by atoms with Gasteiger partial charge in [-0.15, -0.1) is 0 Å². The minimum Gasteiger partial charge on any atom is -0.395 e. The molecular weight excluding hydrogens is 331 g/mol. The Morgan fingerprint density at radius 1 is 1.38 bits per heavy atom. The second-order valence-corrected chi connectivity index (χ2v) is 6.94. The van der Waals surface area contributed by atoms with Crippen molar-refractivity contribution in [2.45, 2.75) is 30.0 Å². The van der Waals surface area contributed by atoms with Crippen molar-refractivity contribution in [3.63, 3.8) is 0 Å². The first-order valence-electron chi connectivity index (χ1n) is 6.18. The highest BCUT2D eigenvalue weighted by Gasteiger charge is 2.43. The Kier molecular flexibility index (Phi) is 4.53. The fraction of sp³-hybridized carbons (Fsp3) is 0.500. The normalized spacial score (nSPS) is 20.9. The maximum Gasteiger partial charge on any atom is 0.417 e. The molecule has 1 saturated heterocycles. The molecule has 0 bridgehead atoms. The second kappa shape index (κ2) is 5.75. The van der Waals surface area contributed by atoms with E-state index in [4.69, 9.17) is 11.6 Å². The Labute approximate surface area is 125 Å². The average Bonchev–Trinajstić information content (AvgIpc) is 2.86. The van der Waals surface area contributed by atoms with Gasteiger partial charge in [-0.3, -0.25) is 0 Å². The van der Waals surface area contributed by atoms with Gasteiger partial charge in [-0.25, -0.2) is 8.42 Å². The quantitative estimate of drug-likeness (QED) is 0.917. The third-order valence-corrected chi connectivity index (χ3v) is 5.85. The van der Waals surface area contributed by atoms with E-state index in [-0.39, 0.29) is 6.54 Å². The van der Waals surface area contributed by atoms with Crippen LogP contribution in [0.1, 0.15) is 18.4 Å². The molecule has 0 amide bonds.